The minimum atomic E-state index is -0.724. The maximum Gasteiger partial charge on any atom is 0.314 e. The van der Waals surface area contributed by atoms with E-state index in [0.717, 1.165) is 0 Å². The zero-order valence-corrected chi connectivity index (χ0v) is 7.45. The van der Waals surface area contributed by atoms with Crippen LogP contribution in [0.5, 0.6) is 0 Å². The van der Waals surface area contributed by atoms with Gasteiger partial charge in [0.05, 0.1) is 5.41 Å². The molecule has 0 aromatic heterocycles. The Labute approximate surface area is 72.6 Å². The van der Waals surface area contributed by atoms with Crippen molar-refractivity contribution >= 4 is 5.97 Å². The molecule has 66 valence electrons. The number of aliphatic carboxylic acids is 1. The van der Waals surface area contributed by atoms with E-state index in [2.05, 4.69) is 0 Å². The molecule has 2 unspecified atom stereocenters. The topological polar surface area (TPSA) is 37.3 Å². The molecule has 0 heterocycles. The van der Waals surface area contributed by atoms with Crippen LogP contribution in [-0.2, 0) is 4.79 Å². The van der Waals surface area contributed by atoms with E-state index in [0.29, 0.717) is 6.42 Å². The van der Waals surface area contributed by atoms with E-state index < -0.39 is 11.4 Å². The van der Waals surface area contributed by atoms with E-state index >= 15 is 0 Å². The summed E-state index contributed by atoms with van der Waals surface area (Å²) in [5.74, 6) is -0.636. The highest BCUT2D eigenvalue weighted by molar-refractivity contribution is 5.78. The van der Waals surface area contributed by atoms with Gasteiger partial charge in [-0.25, -0.2) is 0 Å². The first kappa shape index (κ1) is 9.04. The minimum absolute atomic E-state index is 0.0880. The Balaban J connectivity index is 3.00. The van der Waals surface area contributed by atoms with Gasteiger partial charge in [0, 0.05) is 0 Å². The van der Waals surface area contributed by atoms with Gasteiger partial charge in [-0.1, -0.05) is 38.2 Å². The largest absolute Gasteiger partial charge is 0.481 e. The molecule has 0 aliphatic heterocycles. The fourth-order valence-electron chi connectivity index (χ4n) is 1.64. The van der Waals surface area contributed by atoms with Crippen LogP contribution in [0.2, 0.25) is 0 Å². The van der Waals surface area contributed by atoms with Crippen LogP contribution in [0.3, 0.4) is 0 Å². The molecule has 0 aromatic carbocycles. The van der Waals surface area contributed by atoms with Crippen molar-refractivity contribution in [1.82, 2.24) is 0 Å². The van der Waals surface area contributed by atoms with Crippen LogP contribution >= 0.6 is 0 Å². The minimum Gasteiger partial charge on any atom is -0.481 e. The molecule has 1 aliphatic rings. The Morgan fingerprint density at radius 1 is 1.58 bits per heavy atom. The summed E-state index contributed by atoms with van der Waals surface area (Å²) in [7, 11) is 0. The fraction of sp³-hybridized carbons (Fsp3) is 0.500. The third-order valence-corrected chi connectivity index (χ3v) is 2.70. The third-order valence-electron chi connectivity index (χ3n) is 2.70. The second kappa shape index (κ2) is 3.13. The molecule has 0 saturated carbocycles. The molecule has 0 radical (unpaired) electrons. The van der Waals surface area contributed by atoms with Crippen molar-refractivity contribution < 1.29 is 9.90 Å². The Morgan fingerprint density at radius 3 is 2.58 bits per heavy atom. The maximum atomic E-state index is 11.0. The SMILES string of the molecule is CCC1(C(=O)O)C=CC=CC1C. The van der Waals surface area contributed by atoms with Crippen LogP contribution in [0.25, 0.3) is 0 Å². The number of hydrogen-bond acceptors (Lipinski definition) is 1. The van der Waals surface area contributed by atoms with Gasteiger partial charge < -0.3 is 5.11 Å². The average Bonchev–Trinajstić information content (AvgIpc) is 2.05. The van der Waals surface area contributed by atoms with E-state index in [9.17, 15) is 4.79 Å². The maximum absolute atomic E-state index is 11.0. The summed E-state index contributed by atoms with van der Waals surface area (Å²) in [6.07, 6.45) is 8.10. The van der Waals surface area contributed by atoms with Gasteiger partial charge in [0.2, 0.25) is 0 Å². The van der Waals surface area contributed by atoms with Crippen molar-refractivity contribution in [2.45, 2.75) is 20.3 Å². The molecule has 1 N–H and O–H groups in total. The zero-order valence-electron chi connectivity index (χ0n) is 7.45. The number of hydrogen-bond donors (Lipinski definition) is 1. The van der Waals surface area contributed by atoms with Gasteiger partial charge >= 0.3 is 5.97 Å². The van der Waals surface area contributed by atoms with Crippen LogP contribution in [-0.4, -0.2) is 11.1 Å². The van der Waals surface area contributed by atoms with Crippen LogP contribution in [0.1, 0.15) is 20.3 Å². The van der Waals surface area contributed by atoms with Gasteiger partial charge in [0.1, 0.15) is 0 Å². The van der Waals surface area contributed by atoms with Gasteiger partial charge in [0.25, 0.3) is 0 Å². The first-order valence-electron chi connectivity index (χ1n) is 4.23. The van der Waals surface area contributed by atoms with Crippen LogP contribution in [0.15, 0.2) is 24.3 Å². The van der Waals surface area contributed by atoms with Gasteiger partial charge in [-0.05, 0) is 12.3 Å². The van der Waals surface area contributed by atoms with Gasteiger partial charge in [-0.15, -0.1) is 0 Å². The first-order valence-corrected chi connectivity index (χ1v) is 4.23. The van der Waals surface area contributed by atoms with Gasteiger partial charge in [-0.3, -0.25) is 4.79 Å². The lowest BCUT2D eigenvalue weighted by Crippen LogP contribution is -2.35. The van der Waals surface area contributed by atoms with Crippen LogP contribution in [0.4, 0.5) is 0 Å². The van der Waals surface area contributed by atoms with Gasteiger partial charge in [-0.2, -0.15) is 0 Å². The number of carboxylic acids is 1. The summed E-state index contributed by atoms with van der Waals surface area (Å²) < 4.78 is 0. The highest BCUT2D eigenvalue weighted by atomic mass is 16.4. The van der Waals surface area contributed by atoms with Crippen molar-refractivity contribution in [2.24, 2.45) is 11.3 Å². The summed E-state index contributed by atoms with van der Waals surface area (Å²) >= 11 is 0. The van der Waals surface area contributed by atoms with Crippen LogP contribution < -0.4 is 0 Å². The molecular formula is C10H14O2. The predicted molar refractivity (Wildman–Crippen MR) is 47.8 cm³/mol. The first-order chi connectivity index (χ1) is 5.63. The van der Waals surface area contributed by atoms with Crippen molar-refractivity contribution in [3.05, 3.63) is 24.3 Å². The van der Waals surface area contributed by atoms with E-state index in [4.69, 9.17) is 5.11 Å². The van der Waals surface area contributed by atoms with Crippen LogP contribution in [0, 0.1) is 11.3 Å². The monoisotopic (exact) mass is 166 g/mol. The molecule has 2 nitrogen and oxygen atoms in total. The second-order valence-electron chi connectivity index (χ2n) is 3.23. The molecule has 0 aromatic rings. The molecular weight excluding hydrogens is 152 g/mol. The zero-order chi connectivity index (χ0) is 9.19. The second-order valence-corrected chi connectivity index (χ2v) is 3.23. The number of rotatable bonds is 2. The summed E-state index contributed by atoms with van der Waals surface area (Å²) in [6, 6.07) is 0. The van der Waals surface area contributed by atoms with E-state index in [1.165, 1.54) is 0 Å². The lowest BCUT2D eigenvalue weighted by atomic mass is 9.72. The van der Waals surface area contributed by atoms with Crippen molar-refractivity contribution in [2.75, 3.05) is 0 Å². The average molecular weight is 166 g/mol. The molecule has 0 bridgehead atoms. The summed E-state index contributed by atoms with van der Waals surface area (Å²) in [5.41, 5.74) is -0.672. The number of carbonyl (C=O) groups is 1. The highest BCUT2D eigenvalue weighted by Crippen LogP contribution is 2.36. The highest BCUT2D eigenvalue weighted by Gasteiger charge is 2.39. The van der Waals surface area contributed by atoms with Gasteiger partial charge in [0.15, 0.2) is 0 Å². The lowest BCUT2D eigenvalue weighted by Gasteiger charge is -2.31. The third kappa shape index (κ3) is 1.17. The predicted octanol–water partition coefficient (Wildman–Crippen LogP) is 2.23. The molecule has 0 amide bonds. The quantitative estimate of drug-likeness (QED) is 0.683. The molecule has 0 spiro atoms. The Kier molecular flexibility index (Phi) is 2.36. The summed E-state index contributed by atoms with van der Waals surface area (Å²) in [4.78, 5) is 11.0. The van der Waals surface area contributed by atoms with E-state index in [1.807, 2.05) is 32.1 Å². The standard InChI is InChI=1S/C10H14O2/c1-3-10(9(11)12)7-5-4-6-8(10)2/h4-8H,3H2,1-2H3,(H,11,12). The van der Waals surface area contributed by atoms with Crippen molar-refractivity contribution in [3.8, 4) is 0 Å². The van der Waals surface area contributed by atoms with E-state index in [1.54, 1.807) is 6.08 Å². The van der Waals surface area contributed by atoms with Crippen molar-refractivity contribution in [3.63, 3.8) is 0 Å². The lowest BCUT2D eigenvalue weighted by molar-refractivity contribution is -0.148. The molecule has 1 aliphatic carbocycles. The Bertz CT molecular complexity index is 240. The smallest absolute Gasteiger partial charge is 0.314 e. The van der Waals surface area contributed by atoms with Crippen molar-refractivity contribution in [1.29, 1.82) is 0 Å². The molecule has 2 atom stereocenters. The molecule has 2 heteroatoms. The summed E-state index contributed by atoms with van der Waals surface area (Å²) in [6.45, 7) is 3.85. The van der Waals surface area contributed by atoms with E-state index in [-0.39, 0.29) is 5.92 Å². The number of carboxylic acid groups (broad SMARTS) is 1. The molecule has 0 fully saturated rings. The molecule has 1 rings (SSSR count). The Hall–Kier alpha value is -1.05. The normalized spacial score (nSPS) is 33.7. The molecule has 12 heavy (non-hydrogen) atoms. The Morgan fingerprint density at radius 2 is 2.25 bits per heavy atom. The molecule has 0 saturated heterocycles. The fourth-order valence-corrected chi connectivity index (χ4v) is 1.64. The summed E-state index contributed by atoms with van der Waals surface area (Å²) in [5, 5.41) is 9.07. The number of allylic oxidation sites excluding steroid dienone is 3.